The first kappa shape index (κ1) is 25.8. The number of ether oxygens (including phenoxy) is 7. The van der Waals surface area contributed by atoms with Crippen molar-refractivity contribution in [3.05, 3.63) is 0 Å². The monoisotopic (exact) mass is 500 g/mol. The van der Waals surface area contributed by atoms with Gasteiger partial charge in [0.05, 0.1) is 32.5 Å². The summed E-state index contributed by atoms with van der Waals surface area (Å²) < 4.78 is 38.9. The minimum atomic E-state index is -0.974. The topological polar surface area (TPSA) is 153 Å². The molecule has 4 saturated heterocycles. The predicted octanol–water partition coefficient (Wildman–Crippen LogP) is 0.378. The molecule has 0 aromatic rings. The molecule has 4 heterocycles. The van der Waals surface area contributed by atoms with Crippen LogP contribution in [0.15, 0.2) is 0 Å². The van der Waals surface area contributed by atoms with E-state index in [-0.39, 0.29) is 69.9 Å². The Morgan fingerprint density at radius 2 is 1.00 bits per heavy atom. The molecule has 4 aliphatic heterocycles. The number of aliphatic carboxylic acids is 1. The molecule has 0 aliphatic carbocycles. The van der Waals surface area contributed by atoms with Crippen LogP contribution in [0.5, 0.6) is 0 Å². The summed E-state index contributed by atoms with van der Waals surface area (Å²) in [4.78, 5) is 46.9. The van der Waals surface area contributed by atoms with E-state index in [2.05, 4.69) is 0 Å². The van der Waals surface area contributed by atoms with Crippen molar-refractivity contribution < 1.29 is 57.4 Å². The van der Waals surface area contributed by atoms with Crippen LogP contribution < -0.4 is 0 Å². The zero-order valence-electron chi connectivity index (χ0n) is 19.6. The molecule has 0 aromatic heterocycles. The summed E-state index contributed by atoms with van der Waals surface area (Å²) in [5, 5.41) is 8.65. The lowest BCUT2D eigenvalue weighted by atomic mass is 10.0. The molecule has 0 aromatic carbocycles. The van der Waals surface area contributed by atoms with Crippen molar-refractivity contribution in [2.45, 2.75) is 88.2 Å². The highest BCUT2D eigenvalue weighted by Crippen LogP contribution is 2.33. The van der Waals surface area contributed by atoms with E-state index in [1.54, 1.807) is 0 Å². The van der Waals surface area contributed by atoms with Crippen LogP contribution in [0.2, 0.25) is 0 Å². The van der Waals surface area contributed by atoms with Crippen molar-refractivity contribution in [3.63, 3.8) is 0 Å². The Kier molecular flexibility index (Phi) is 8.58. The molecule has 12 heteroatoms. The zero-order chi connectivity index (χ0) is 24.9. The molecule has 0 unspecified atom stereocenters. The number of carbonyl (C=O) groups excluding carboxylic acids is 3. The van der Waals surface area contributed by atoms with E-state index in [1.807, 2.05) is 6.92 Å². The predicted molar refractivity (Wildman–Crippen MR) is 113 cm³/mol. The first-order valence-electron chi connectivity index (χ1n) is 12.1. The number of fused-ring (bicyclic) bond motifs is 2. The average Bonchev–Trinajstić information content (AvgIpc) is 3.55. The largest absolute Gasteiger partial charge is 0.481 e. The molecular formula is C23H32O12. The molecule has 8 atom stereocenters. The minimum absolute atomic E-state index is 0.0117. The van der Waals surface area contributed by atoms with Gasteiger partial charge in [0.15, 0.2) is 18.3 Å². The van der Waals surface area contributed by atoms with Gasteiger partial charge in [0.2, 0.25) is 0 Å². The van der Waals surface area contributed by atoms with Crippen LogP contribution in [0, 0.1) is 5.92 Å². The average molecular weight is 500 g/mol. The zero-order valence-corrected chi connectivity index (χ0v) is 19.6. The molecule has 35 heavy (non-hydrogen) atoms. The van der Waals surface area contributed by atoms with E-state index in [0.717, 1.165) is 0 Å². The second-order valence-corrected chi connectivity index (χ2v) is 9.35. The van der Waals surface area contributed by atoms with E-state index in [9.17, 15) is 19.2 Å². The Morgan fingerprint density at radius 1 is 0.629 bits per heavy atom. The van der Waals surface area contributed by atoms with Gasteiger partial charge in [-0.2, -0.15) is 0 Å². The first-order valence-corrected chi connectivity index (χ1v) is 12.1. The lowest BCUT2D eigenvalue weighted by Gasteiger charge is -2.18. The molecule has 4 aliphatic rings. The Hall–Kier alpha value is -2.28. The molecule has 0 radical (unpaired) electrons. The summed E-state index contributed by atoms with van der Waals surface area (Å²) in [6, 6.07) is 0. The molecule has 4 rings (SSSR count). The van der Waals surface area contributed by atoms with Crippen molar-refractivity contribution in [2.75, 3.05) is 26.4 Å². The number of carbonyl (C=O) groups is 4. The van der Waals surface area contributed by atoms with Crippen molar-refractivity contribution >= 4 is 23.9 Å². The third-order valence-corrected chi connectivity index (χ3v) is 6.60. The number of rotatable bonds is 11. The maximum absolute atomic E-state index is 12.3. The van der Waals surface area contributed by atoms with Gasteiger partial charge >= 0.3 is 23.9 Å². The smallest absolute Gasteiger partial charge is 0.306 e. The van der Waals surface area contributed by atoms with E-state index >= 15 is 0 Å². The molecule has 0 amide bonds. The lowest BCUT2D eigenvalue weighted by Crippen LogP contribution is -2.36. The van der Waals surface area contributed by atoms with Gasteiger partial charge in [0.1, 0.15) is 18.3 Å². The number of hydrogen-bond donors (Lipinski definition) is 1. The number of carboxylic acids is 1. The number of esters is 3. The quantitative estimate of drug-likeness (QED) is 0.308. The van der Waals surface area contributed by atoms with E-state index in [1.165, 1.54) is 0 Å². The van der Waals surface area contributed by atoms with Crippen LogP contribution >= 0.6 is 0 Å². The molecule has 0 bridgehead atoms. The third-order valence-electron chi connectivity index (χ3n) is 6.60. The summed E-state index contributed by atoms with van der Waals surface area (Å²) in [5.74, 6) is -2.12. The Balaban J connectivity index is 1.11. The summed E-state index contributed by atoms with van der Waals surface area (Å²) in [6.45, 7) is 3.15. The van der Waals surface area contributed by atoms with Gasteiger partial charge in [-0.25, -0.2) is 0 Å². The van der Waals surface area contributed by atoms with Gasteiger partial charge in [0.25, 0.3) is 0 Å². The Bertz CT molecular complexity index is 799. The maximum atomic E-state index is 12.3. The molecule has 0 saturated carbocycles. The molecular weight excluding hydrogens is 468 g/mol. The van der Waals surface area contributed by atoms with Gasteiger partial charge in [-0.05, 0) is 12.8 Å². The summed E-state index contributed by atoms with van der Waals surface area (Å²) >= 11 is 0. The second-order valence-electron chi connectivity index (χ2n) is 9.35. The van der Waals surface area contributed by atoms with E-state index in [0.29, 0.717) is 13.2 Å². The number of carboxylic acid groups (broad SMARTS) is 1. The lowest BCUT2D eigenvalue weighted by molar-refractivity contribution is -0.156. The van der Waals surface area contributed by atoms with Crippen molar-refractivity contribution in [2.24, 2.45) is 5.92 Å². The highest BCUT2D eigenvalue weighted by atomic mass is 16.7. The summed E-state index contributed by atoms with van der Waals surface area (Å²) in [6.07, 6.45) is -2.63. The molecule has 196 valence electrons. The highest BCUT2D eigenvalue weighted by molar-refractivity contribution is 5.73. The van der Waals surface area contributed by atoms with Crippen LogP contribution in [-0.4, -0.2) is 98.1 Å². The van der Waals surface area contributed by atoms with Gasteiger partial charge in [0, 0.05) is 31.6 Å². The standard InChI is InChI=1S/C23H32O12/c1-12-8-29-21-13(9-30-20(12)21)33-18(27)6-3-7-19(28)35-15-11-32-22-14(10-31-23(15)22)34-17(26)5-2-4-16(24)25/h12-15,20-23H,2-11H2,1H3,(H,24,25)/t12-,13-,14-,15-,20-,21-,22-,23-/m1/s1. The fourth-order valence-electron chi connectivity index (χ4n) is 4.83. The Morgan fingerprint density at radius 3 is 1.46 bits per heavy atom. The van der Waals surface area contributed by atoms with Gasteiger partial charge in [-0.15, -0.1) is 0 Å². The van der Waals surface area contributed by atoms with Gasteiger partial charge in [-0.1, -0.05) is 6.92 Å². The fourth-order valence-corrected chi connectivity index (χ4v) is 4.83. The molecule has 4 fully saturated rings. The second kappa shape index (κ2) is 11.6. The Labute approximate surface area is 202 Å². The van der Waals surface area contributed by atoms with Gasteiger partial charge in [-0.3, -0.25) is 19.2 Å². The first-order chi connectivity index (χ1) is 16.8. The van der Waals surface area contributed by atoms with Gasteiger partial charge < -0.3 is 38.3 Å². The van der Waals surface area contributed by atoms with Crippen LogP contribution in [0.4, 0.5) is 0 Å². The minimum Gasteiger partial charge on any atom is -0.481 e. The maximum Gasteiger partial charge on any atom is 0.306 e. The van der Waals surface area contributed by atoms with Crippen LogP contribution in [0.1, 0.15) is 45.4 Å². The fraction of sp³-hybridized carbons (Fsp3) is 0.826. The van der Waals surface area contributed by atoms with Crippen LogP contribution in [-0.2, 0) is 52.3 Å². The summed E-state index contributed by atoms with van der Waals surface area (Å²) in [7, 11) is 0. The molecule has 1 N–H and O–H groups in total. The summed E-state index contributed by atoms with van der Waals surface area (Å²) in [5.41, 5.74) is 0. The molecule has 12 nitrogen and oxygen atoms in total. The normalized spacial score (nSPS) is 35.3. The SMILES string of the molecule is C[C@@H]1CO[C@H]2[C@@H]1OC[C@H]2OC(=O)CCCC(=O)O[C@@H]1CO[C@H]2[C@@H]1OC[C@H]2OC(=O)CCCC(=O)O. The number of hydrogen-bond acceptors (Lipinski definition) is 11. The van der Waals surface area contributed by atoms with Crippen LogP contribution in [0.3, 0.4) is 0 Å². The van der Waals surface area contributed by atoms with Crippen molar-refractivity contribution in [1.82, 2.24) is 0 Å². The van der Waals surface area contributed by atoms with E-state index < -0.39 is 54.4 Å². The third kappa shape index (κ3) is 6.49. The molecule has 0 spiro atoms. The highest BCUT2D eigenvalue weighted by Gasteiger charge is 2.51. The van der Waals surface area contributed by atoms with Crippen molar-refractivity contribution in [3.8, 4) is 0 Å². The van der Waals surface area contributed by atoms with Crippen molar-refractivity contribution in [1.29, 1.82) is 0 Å². The van der Waals surface area contributed by atoms with Crippen LogP contribution in [0.25, 0.3) is 0 Å². The van der Waals surface area contributed by atoms with E-state index in [4.69, 9.17) is 38.3 Å².